The van der Waals surface area contributed by atoms with E-state index in [-0.39, 0.29) is 18.4 Å². The van der Waals surface area contributed by atoms with Crippen molar-refractivity contribution in [1.82, 2.24) is 10.3 Å². The predicted octanol–water partition coefficient (Wildman–Crippen LogP) is 2.07. The van der Waals surface area contributed by atoms with Crippen LogP contribution in [0, 0.1) is 13.8 Å². The number of hydrogen-bond donors (Lipinski definition) is 2. The number of carbonyl (C=O) groups is 2. The molecule has 0 aliphatic carbocycles. The summed E-state index contributed by atoms with van der Waals surface area (Å²) >= 11 is 0. The zero-order valence-corrected chi connectivity index (χ0v) is 12.0. The SMILES string of the molecule is Cc1cccc(NC(=O)CNC(=O)c2ccncc2)c1C. The molecule has 1 aromatic carbocycles. The minimum atomic E-state index is -0.298. The zero-order chi connectivity index (χ0) is 15.2. The number of aryl methyl sites for hydroxylation is 1. The molecule has 0 atom stereocenters. The monoisotopic (exact) mass is 283 g/mol. The van der Waals surface area contributed by atoms with Gasteiger partial charge in [0, 0.05) is 23.6 Å². The fourth-order valence-electron chi connectivity index (χ4n) is 1.85. The Balaban J connectivity index is 1.91. The van der Waals surface area contributed by atoms with E-state index in [0.717, 1.165) is 16.8 Å². The molecular weight excluding hydrogens is 266 g/mol. The minimum Gasteiger partial charge on any atom is -0.343 e. The summed E-state index contributed by atoms with van der Waals surface area (Å²) in [7, 11) is 0. The van der Waals surface area contributed by atoms with Crippen molar-refractivity contribution in [1.29, 1.82) is 0 Å². The van der Waals surface area contributed by atoms with Crippen LogP contribution in [0.3, 0.4) is 0 Å². The molecule has 1 heterocycles. The average Bonchev–Trinajstić information content (AvgIpc) is 2.50. The van der Waals surface area contributed by atoms with E-state index >= 15 is 0 Å². The fourth-order valence-corrected chi connectivity index (χ4v) is 1.85. The summed E-state index contributed by atoms with van der Waals surface area (Å²) in [6, 6.07) is 8.89. The second-order valence-electron chi connectivity index (χ2n) is 4.71. The number of nitrogens with zero attached hydrogens (tertiary/aromatic N) is 1. The second-order valence-corrected chi connectivity index (χ2v) is 4.71. The van der Waals surface area contributed by atoms with Gasteiger partial charge >= 0.3 is 0 Å². The van der Waals surface area contributed by atoms with Crippen LogP contribution in [0.5, 0.6) is 0 Å². The van der Waals surface area contributed by atoms with Crippen molar-refractivity contribution < 1.29 is 9.59 Å². The van der Waals surface area contributed by atoms with Gasteiger partial charge in [-0.25, -0.2) is 0 Å². The molecular formula is C16H17N3O2. The summed E-state index contributed by atoms with van der Waals surface area (Å²) in [6.07, 6.45) is 3.07. The van der Waals surface area contributed by atoms with Gasteiger partial charge in [0.1, 0.15) is 0 Å². The van der Waals surface area contributed by atoms with Gasteiger partial charge in [-0.15, -0.1) is 0 Å². The lowest BCUT2D eigenvalue weighted by Crippen LogP contribution is -2.33. The Labute approximate surface area is 123 Å². The third-order valence-electron chi connectivity index (χ3n) is 3.23. The third kappa shape index (κ3) is 3.89. The van der Waals surface area contributed by atoms with Crippen molar-refractivity contribution in [3.63, 3.8) is 0 Å². The topological polar surface area (TPSA) is 71.1 Å². The maximum atomic E-state index is 11.9. The number of rotatable bonds is 4. The summed E-state index contributed by atoms with van der Waals surface area (Å²) < 4.78 is 0. The van der Waals surface area contributed by atoms with E-state index in [1.165, 1.54) is 12.4 Å². The highest BCUT2D eigenvalue weighted by molar-refractivity contribution is 5.99. The van der Waals surface area contributed by atoms with Crippen molar-refractivity contribution >= 4 is 17.5 Å². The number of pyridine rings is 1. The molecule has 5 nitrogen and oxygen atoms in total. The minimum absolute atomic E-state index is 0.0749. The Morgan fingerprint density at radius 3 is 2.52 bits per heavy atom. The fraction of sp³-hybridized carbons (Fsp3) is 0.188. The largest absolute Gasteiger partial charge is 0.343 e. The Hall–Kier alpha value is -2.69. The molecule has 21 heavy (non-hydrogen) atoms. The number of benzene rings is 1. The van der Waals surface area contributed by atoms with Crippen LogP contribution < -0.4 is 10.6 Å². The molecule has 2 aromatic rings. The highest BCUT2D eigenvalue weighted by atomic mass is 16.2. The number of hydrogen-bond acceptors (Lipinski definition) is 3. The Bertz CT molecular complexity index is 654. The van der Waals surface area contributed by atoms with Crippen LogP contribution in [-0.4, -0.2) is 23.3 Å². The molecule has 1 aromatic heterocycles. The van der Waals surface area contributed by atoms with Crippen LogP contribution in [-0.2, 0) is 4.79 Å². The van der Waals surface area contributed by atoms with Crippen molar-refractivity contribution in [2.75, 3.05) is 11.9 Å². The lowest BCUT2D eigenvalue weighted by Gasteiger charge is -2.11. The smallest absolute Gasteiger partial charge is 0.251 e. The molecule has 0 fully saturated rings. The van der Waals surface area contributed by atoms with E-state index in [2.05, 4.69) is 15.6 Å². The number of anilines is 1. The first-order valence-electron chi connectivity index (χ1n) is 6.62. The molecule has 0 unspecified atom stereocenters. The van der Waals surface area contributed by atoms with Crippen molar-refractivity contribution in [3.8, 4) is 0 Å². The Kier molecular flexibility index (Phi) is 4.66. The molecule has 0 saturated heterocycles. The van der Waals surface area contributed by atoms with E-state index in [4.69, 9.17) is 0 Å². The number of nitrogens with one attached hydrogen (secondary N) is 2. The first kappa shape index (κ1) is 14.7. The molecule has 0 spiro atoms. The van der Waals surface area contributed by atoms with Crippen LogP contribution in [0.2, 0.25) is 0 Å². The molecule has 2 N–H and O–H groups in total. The van der Waals surface area contributed by atoms with Gasteiger partial charge in [0.25, 0.3) is 5.91 Å². The van der Waals surface area contributed by atoms with Gasteiger partial charge in [-0.1, -0.05) is 12.1 Å². The van der Waals surface area contributed by atoms with Crippen LogP contribution in [0.4, 0.5) is 5.69 Å². The predicted molar refractivity (Wildman–Crippen MR) is 81.1 cm³/mol. The van der Waals surface area contributed by atoms with Gasteiger partial charge in [-0.2, -0.15) is 0 Å². The lowest BCUT2D eigenvalue weighted by atomic mass is 10.1. The first-order chi connectivity index (χ1) is 10.1. The average molecular weight is 283 g/mol. The maximum absolute atomic E-state index is 11.9. The van der Waals surface area contributed by atoms with E-state index in [1.807, 2.05) is 32.0 Å². The summed E-state index contributed by atoms with van der Waals surface area (Å²) in [5, 5.41) is 5.37. The molecule has 0 radical (unpaired) electrons. The van der Waals surface area contributed by atoms with E-state index in [0.29, 0.717) is 5.56 Å². The van der Waals surface area contributed by atoms with E-state index in [1.54, 1.807) is 12.1 Å². The van der Waals surface area contributed by atoms with Crippen LogP contribution in [0.1, 0.15) is 21.5 Å². The Morgan fingerprint density at radius 1 is 1.10 bits per heavy atom. The van der Waals surface area contributed by atoms with Gasteiger partial charge in [0.15, 0.2) is 0 Å². The van der Waals surface area contributed by atoms with Gasteiger partial charge < -0.3 is 10.6 Å². The van der Waals surface area contributed by atoms with Gasteiger partial charge in [0.2, 0.25) is 5.91 Å². The number of amides is 2. The lowest BCUT2D eigenvalue weighted by molar-refractivity contribution is -0.115. The summed E-state index contributed by atoms with van der Waals surface area (Å²) in [6.45, 7) is 3.85. The van der Waals surface area contributed by atoms with Gasteiger partial charge in [0.05, 0.1) is 6.54 Å². The summed E-state index contributed by atoms with van der Waals surface area (Å²) in [5.74, 6) is -0.556. The molecule has 5 heteroatoms. The zero-order valence-electron chi connectivity index (χ0n) is 12.0. The molecule has 2 rings (SSSR count). The summed E-state index contributed by atoms with van der Waals surface area (Å²) in [5.41, 5.74) is 3.36. The van der Waals surface area contributed by atoms with Gasteiger partial charge in [-0.3, -0.25) is 14.6 Å². The highest BCUT2D eigenvalue weighted by Crippen LogP contribution is 2.17. The normalized spacial score (nSPS) is 10.0. The third-order valence-corrected chi connectivity index (χ3v) is 3.23. The molecule has 2 amide bonds. The van der Waals surface area contributed by atoms with Crippen LogP contribution >= 0.6 is 0 Å². The maximum Gasteiger partial charge on any atom is 0.251 e. The number of aromatic nitrogens is 1. The highest BCUT2D eigenvalue weighted by Gasteiger charge is 2.09. The second kappa shape index (κ2) is 6.65. The standard InChI is InChI=1S/C16H17N3O2/c1-11-4-3-5-14(12(11)2)19-15(20)10-18-16(21)13-6-8-17-9-7-13/h3-9H,10H2,1-2H3,(H,18,21)(H,19,20). The van der Waals surface area contributed by atoms with E-state index in [9.17, 15) is 9.59 Å². The molecule has 0 aliphatic rings. The molecule has 0 bridgehead atoms. The molecule has 108 valence electrons. The van der Waals surface area contributed by atoms with E-state index < -0.39 is 0 Å². The van der Waals surface area contributed by atoms with Crippen LogP contribution in [0.15, 0.2) is 42.7 Å². The number of carbonyl (C=O) groups excluding carboxylic acids is 2. The van der Waals surface area contributed by atoms with Crippen molar-refractivity contribution in [2.24, 2.45) is 0 Å². The quantitative estimate of drug-likeness (QED) is 0.902. The van der Waals surface area contributed by atoms with Crippen molar-refractivity contribution in [3.05, 3.63) is 59.4 Å². The van der Waals surface area contributed by atoms with Crippen molar-refractivity contribution in [2.45, 2.75) is 13.8 Å². The van der Waals surface area contributed by atoms with Gasteiger partial charge in [-0.05, 0) is 43.2 Å². The summed E-state index contributed by atoms with van der Waals surface area (Å²) in [4.78, 5) is 27.5. The Morgan fingerprint density at radius 2 is 1.81 bits per heavy atom. The van der Waals surface area contributed by atoms with Crippen LogP contribution in [0.25, 0.3) is 0 Å². The molecule has 0 saturated carbocycles. The molecule has 0 aliphatic heterocycles. The first-order valence-corrected chi connectivity index (χ1v) is 6.62.